The molecule has 0 saturated carbocycles. The Hall–Kier alpha value is -2.69. The molecule has 2 aliphatic heterocycles. The molecule has 0 spiro atoms. The van der Waals surface area contributed by atoms with Gasteiger partial charge in [-0.05, 0) is 92.5 Å². The topological polar surface area (TPSA) is 141 Å². The molecule has 1 saturated heterocycles. The lowest BCUT2D eigenvalue weighted by atomic mass is 9.80. The average Bonchev–Trinajstić information content (AvgIpc) is 3.32. The fourth-order valence-electron chi connectivity index (χ4n) is 10.8. The van der Waals surface area contributed by atoms with Crippen LogP contribution < -0.4 is 0 Å². The Morgan fingerprint density at radius 1 is 0.643 bits per heavy atom. The van der Waals surface area contributed by atoms with Crippen molar-refractivity contribution < 1.29 is 48.0 Å². The second-order valence-electron chi connectivity index (χ2n) is 21.3. The molecule has 2 bridgehead atoms. The molecule has 0 aromatic rings. The van der Waals surface area contributed by atoms with E-state index < -0.39 is 64.8 Å². The number of aliphatic hydroxyl groups excluding tert-OH is 2. The van der Waals surface area contributed by atoms with Crippen LogP contribution in [0.5, 0.6) is 0 Å². The van der Waals surface area contributed by atoms with Crippen molar-refractivity contribution >= 4 is 28.6 Å². The predicted octanol–water partition coefficient (Wildman–Crippen LogP) is 13.7. The van der Waals surface area contributed by atoms with E-state index in [2.05, 4.69) is 69.2 Å². The Balaban J connectivity index is 2.56. The number of aliphatic carboxylic acids is 1. The van der Waals surface area contributed by atoms with Crippen LogP contribution in [0.4, 0.5) is 0 Å². The second kappa shape index (κ2) is 32.5. The zero-order chi connectivity index (χ0) is 52.5. The zero-order valence-corrected chi connectivity index (χ0v) is 48.2. The third-order valence-electron chi connectivity index (χ3n) is 15.9. The largest absolute Gasteiger partial charge is 0.481 e. The van der Waals surface area contributed by atoms with Gasteiger partial charge < -0.3 is 38.4 Å². The van der Waals surface area contributed by atoms with Crippen molar-refractivity contribution in [1.82, 2.24) is 0 Å². The van der Waals surface area contributed by atoms with Gasteiger partial charge in [-0.15, -0.1) is 0 Å². The van der Waals surface area contributed by atoms with Crippen molar-refractivity contribution in [2.45, 2.75) is 220 Å². The highest BCUT2D eigenvalue weighted by Crippen LogP contribution is 2.44. The van der Waals surface area contributed by atoms with Crippen LogP contribution in [0.3, 0.4) is 0 Å². The number of aliphatic hydroxyl groups is 2. The van der Waals surface area contributed by atoms with Crippen LogP contribution in [0.2, 0.25) is 36.3 Å². The fourth-order valence-corrected chi connectivity index (χ4v) is 16.7. The number of methoxy groups -OCH3 is 1. The quantitative estimate of drug-likeness (QED) is 0.128. The smallest absolute Gasteiger partial charge is 0.311 e. The Bertz CT molecular complexity index is 1700. The minimum Gasteiger partial charge on any atom is -0.481 e. The van der Waals surface area contributed by atoms with Crippen LogP contribution >= 0.6 is 0 Å². The Labute approximate surface area is 428 Å². The summed E-state index contributed by atoms with van der Waals surface area (Å²) in [6, 6.07) is 5.82. The van der Waals surface area contributed by atoms with Crippen molar-refractivity contribution in [3.8, 4) is 0 Å². The normalized spacial score (nSPS) is 37.0. The molecule has 10 nitrogen and oxygen atoms in total. The molecule has 12 heteroatoms. The van der Waals surface area contributed by atoms with Gasteiger partial charge in [-0.1, -0.05) is 168 Å². The van der Waals surface area contributed by atoms with Gasteiger partial charge in [0.2, 0.25) is 0 Å². The molecule has 0 aliphatic carbocycles. The number of allylic oxidation sites excluding steroid dienone is 12. The molecule has 1 fully saturated rings. The van der Waals surface area contributed by atoms with E-state index in [0.717, 1.165) is 61.9 Å². The van der Waals surface area contributed by atoms with Gasteiger partial charge in [0.25, 0.3) is 0 Å². The second-order valence-corrected chi connectivity index (χ2v) is 30.7. The van der Waals surface area contributed by atoms with E-state index in [-0.39, 0.29) is 48.1 Å². The minimum absolute atomic E-state index is 0.0616. The molecule has 3 N–H and O–H groups in total. The van der Waals surface area contributed by atoms with Crippen LogP contribution in [0.25, 0.3) is 0 Å². The lowest BCUT2D eigenvalue weighted by Gasteiger charge is -2.50. The summed E-state index contributed by atoms with van der Waals surface area (Å²) in [5, 5.41) is 33.4. The van der Waals surface area contributed by atoms with Gasteiger partial charge in [0.1, 0.15) is 12.0 Å². The molecule has 9 unspecified atom stereocenters. The number of carbonyl (C=O) groups is 2. The molecular weight excluding hydrogens is 913 g/mol. The van der Waals surface area contributed by atoms with Gasteiger partial charge in [0.05, 0.1) is 24.4 Å². The SMILES string of the molecule is CC[Si](CC)(CC)OC1CCC(C)CC(C)CC(=O)O[C@@H](C)[C@H](C)C(O)[C@@H](C)/C=C/C=C/C=C/C=C/C=C/C=C/C=C/C(O)C[C@@H]2OC(OC)(CC(C)CC1C)C[C@H](O[Si](CC)(CC)CC)C2C(=O)O. The van der Waals surface area contributed by atoms with Crippen LogP contribution in [0.15, 0.2) is 85.1 Å². The van der Waals surface area contributed by atoms with Crippen LogP contribution in [-0.2, 0) is 32.7 Å². The molecule has 0 aromatic heterocycles. The summed E-state index contributed by atoms with van der Waals surface area (Å²) in [6.07, 6.45) is 27.8. The Morgan fingerprint density at radius 3 is 1.61 bits per heavy atom. The van der Waals surface area contributed by atoms with Gasteiger partial charge in [-0.3, -0.25) is 9.59 Å². The van der Waals surface area contributed by atoms with E-state index in [0.29, 0.717) is 25.2 Å². The summed E-state index contributed by atoms with van der Waals surface area (Å²) < 4.78 is 33.7. The molecule has 0 aromatic carbocycles. The fraction of sp³-hybridized carbons (Fsp3) is 0.724. The van der Waals surface area contributed by atoms with E-state index in [1.807, 2.05) is 93.7 Å². The molecule has 0 amide bonds. The molecule has 14 atom stereocenters. The lowest BCUT2D eigenvalue weighted by Crippen LogP contribution is -2.59. The standard InChI is InChI=1S/C58H100O10Si2/c1-15-69(16-2,17-3)67-51-36-35-43(7)37-44(8)39-54(60)65-49(13)48(12)56(61)46(10)33-31-29-27-25-23-21-22-24-26-28-30-32-34-50(59)40-52-55(57(62)63)53(68-70(18-4,19-5)20-6)42-58(64-14,66-52)41-45(9)38-47(51)11/h21-34,43-53,55-56,59,61H,15-20,35-42H2,1-14H3,(H,62,63)/b22-21+,25-23+,26-24+,29-27+,30-28+,33-31+,34-32+/t43?,44?,45?,46-,47?,48-,49-,50?,51?,52-,53-,55?,56?,58?/m0/s1. The van der Waals surface area contributed by atoms with Gasteiger partial charge >= 0.3 is 11.9 Å². The van der Waals surface area contributed by atoms with E-state index in [1.165, 1.54) is 0 Å². The molecule has 400 valence electrons. The van der Waals surface area contributed by atoms with E-state index >= 15 is 0 Å². The first-order chi connectivity index (χ1) is 33.2. The summed E-state index contributed by atoms with van der Waals surface area (Å²) >= 11 is 0. The number of cyclic esters (lactones) is 1. The number of ether oxygens (including phenoxy) is 3. The third-order valence-corrected chi connectivity index (χ3v) is 25.3. The number of hydrogen-bond donors (Lipinski definition) is 3. The summed E-state index contributed by atoms with van der Waals surface area (Å²) in [5.74, 6) is -2.79. The van der Waals surface area contributed by atoms with Gasteiger partial charge in [0, 0.05) is 50.7 Å². The number of fused-ring (bicyclic) bond motifs is 2. The summed E-state index contributed by atoms with van der Waals surface area (Å²) in [7, 11) is -2.60. The van der Waals surface area contributed by atoms with Crippen molar-refractivity contribution in [2.75, 3.05) is 7.11 Å². The number of esters is 1. The minimum atomic E-state index is -2.28. The van der Waals surface area contributed by atoms with E-state index in [1.54, 1.807) is 19.3 Å². The maximum absolute atomic E-state index is 13.3. The first kappa shape index (κ1) is 63.4. The van der Waals surface area contributed by atoms with Crippen molar-refractivity contribution in [3.05, 3.63) is 85.1 Å². The number of rotatable bonds is 12. The van der Waals surface area contributed by atoms with Crippen LogP contribution in [-0.4, -0.2) is 93.4 Å². The first-order valence-electron chi connectivity index (χ1n) is 27.3. The van der Waals surface area contributed by atoms with Gasteiger partial charge in [-0.25, -0.2) is 0 Å². The monoisotopic (exact) mass is 1010 g/mol. The number of carboxylic acids is 1. The third kappa shape index (κ3) is 21.0. The molecule has 2 rings (SSSR count). The lowest BCUT2D eigenvalue weighted by molar-refractivity contribution is -0.306. The Kier molecular flexibility index (Phi) is 29.4. The number of carboxylic acid groups (broad SMARTS) is 1. The van der Waals surface area contributed by atoms with E-state index in [9.17, 15) is 24.9 Å². The summed E-state index contributed by atoms with van der Waals surface area (Å²) in [5.41, 5.74) is 0. The Morgan fingerprint density at radius 2 is 1.13 bits per heavy atom. The van der Waals surface area contributed by atoms with Gasteiger partial charge in [-0.2, -0.15) is 0 Å². The number of hydrogen-bond acceptors (Lipinski definition) is 9. The van der Waals surface area contributed by atoms with Crippen LogP contribution in [0.1, 0.15) is 141 Å². The molecule has 2 heterocycles. The maximum atomic E-state index is 13.3. The summed E-state index contributed by atoms with van der Waals surface area (Å²) in [6.45, 7) is 28.0. The molecule has 0 radical (unpaired) electrons. The van der Waals surface area contributed by atoms with Crippen LogP contribution in [0, 0.1) is 41.4 Å². The highest BCUT2D eigenvalue weighted by atomic mass is 28.4. The van der Waals surface area contributed by atoms with Crippen molar-refractivity contribution in [2.24, 2.45) is 41.4 Å². The highest BCUT2D eigenvalue weighted by molar-refractivity contribution is 6.74. The zero-order valence-electron chi connectivity index (χ0n) is 46.2. The first-order valence-corrected chi connectivity index (χ1v) is 32.3. The van der Waals surface area contributed by atoms with Crippen molar-refractivity contribution in [1.29, 1.82) is 0 Å². The molecule has 2 aliphatic rings. The van der Waals surface area contributed by atoms with Crippen molar-refractivity contribution in [3.63, 3.8) is 0 Å². The molecule has 70 heavy (non-hydrogen) atoms. The molecular formula is C58H100O10Si2. The maximum Gasteiger partial charge on any atom is 0.311 e. The number of carbonyl (C=O) groups excluding carboxylic acids is 1. The van der Waals surface area contributed by atoms with Gasteiger partial charge in [0.15, 0.2) is 22.4 Å². The predicted molar refractivity (Wildman–Crippen MR) is 293 cm³/mol. The van der Waals surface area contributed by atoms with E-state index in [4.69, 9.17) is 23.1 Å². The highest BCUT2D eigenvalue weighted by Gasteiger charge is 2.53. The summed E-state index contributed by atoms with van der Waals surface area (Å²) in [4.78, 5) is 26.5. The average molecular weight is 1010 g/mol.